The number of ether oxygens (including phenoxy) is 1. The van der Waals surface area contributed by atoms with Crippen molar-refractivity contribution in [3.63, 3.8) is 0 Å². The van der Waals surface area contributed by atoms with Crippen LogP contribution in [0.4, 0.5) is 0 Å². The van der Waals surface area contributed by atoms with Crippen molar-refractivity contribution in [3.05, 3.63) is 0 Å². The molecule has 0 heterocycles. The molecule has 0 amide bonds. The van der Waals surface area contributed by atoms with Crippen molar-refractivity contribution in [2.45, 2.75) is 39.0 Å². The summed E-state index contributed by atoms with van der Waals surface area (Å²) in [6.45, 7) is 3.65. The number of nitrogens with one attached hydrogen (secondary N) is 2. The number of carbonyl (C=O) groups excluding carboxylic acids is 1. The number of hydrogen-bond acceptors (Lipinski definition) is 3. The summed E-state index contributed by atoms with van der Waals surface area (Å²) in [5.41, 5.74) is 0. The van der Waals surface area contributed by atoms with E-state index in [0.717, 1.165) is 18.9 Å². The summed E-state index contributed by atoms with van der Waals surface area (Å²) < 4.78 is 4.55. The van der Waals surface area contributed by atoms with Gasteiger partial charge < -0.3 is 15.4 Å². The third-order valence-corrected chi connectivity index (χ3v) is 2.40. The Labute approximate surface area is 104 Å². The highest BCUT2D eigenvalue weighted by atomic mass is 16.5. The monoisotopic (exact) mass is 243 g/mol. The van der Waals surface area contributed by atoms with Gasteiger partial charge in [-0.15, -0.1) is 0 Å². The number of esters is 1. The van der Waals surface area contributed by atoms with E-state index in [1.807, 2.05) is 0 Å². The van der Waals surface area contributed by atoms with Crippen molar-refractivity contribution in [1.82, 2.24) is 10.6 Å². The first-order valence-corrected chi connectivity index (χ1v) is 6.26. The van der Waals surface area contributed by atoms with Crippen LogP contribution in [0.2, 0.25) is 0 Å². The van der Waals surface area contributed by atoms with E-state index in [0.29, 0.717) is 13.0 Å². The second-order valence-electron chi connectivity index (χ2n) is 3.81. The van der Waals surface area contributed by atoms with E-state index < -0.39 is 0 Å². The molecule has 0 aliphatic heterocycles. The van der Waals surface area contributed by atoms with E-state index in [1.165, 1.54) is 26.4 Å². The Morgan fingerprint density at radius 3 is 2.47 bits per heavy atom. The van der Waals surface area contributed by atoms with E-state index in [1.54, 1.807) is 7.05 Å². The molecule has 0 atom stereocenters. The molecule has 0 rings (SSSR count). The molecule has 2 N–H and O–H groups in total. The average molecular weight is 243 g/mol. The second-order valence-corrected chi connectivity index (χ2v) is 3.81. The quantitative estimate of drug-likeness (QED) is 0.292. The normalized spacial score (nSPS) is 11.1. The van der Waals surface area contributed by atoms with Crippen molar-refractivity contribution in [2.24, 2.45) is 4.99 Å². The van der Waals surface area contributed by atoms with Crippen LogP contribution in [0, 0.1) is 0 Å². The lowest BCUT2D eigenvalue weighted by molar-refractivity contribution is -0.140. The minimum Gasteiger partial charge on any atom is -0.469 e. The lowest BCUT2D eigenvalue weighted by atomic mass is 10.2. The summed E-state index contributed by atoms with van der Waals surface area (Å²) >= 11 is 0. The Bertz CT molecular complexity index is 230. The lowest BCUT2D eigenvalue weighted by Gasteiger charge is -2.11. The van der Waals surface area contributed by atoms with Gasteiger partial charge in [-0.3, -0.25) is 9.79 Å². The van der Waals surface area contributed by atoms with Gasteiger partial charge in [0.25, 0.3) is 0 Å². The summed E-state index contributed by atoms with van der Waals surface area (Å²) in [6.07, 6.45) is 5.25. The molecule has 0 aromatic rings. The summed E-state index contributed by atoms with van der Waals surface area (Å²) in [7, 11) is 3.11. The molecule has 0 aromatic carbocycles. The van der Waals surface area contributed by atoms with Gasteiger partial charge in [0.2, 0.25) is 0 Å². The van der Waals surface area contributed by atoms with Crippen molar-refractivity contribution in [2.75, 3.05) is 27.2 Å². The molecule has 100 valence electrons. The third kappa shape index (κ3) is 9.66. The Balaban J connectivity index is 3.53. The maximum atomic E-state index is 10.9. The minimum atomic E-state index is -0.212. The molecule has 5 heteroatoms. The Kier molecular flexibility index (Phi) is 10.4. The predicted molar refractivity (Wildman–Crippen MR) is 70.1 cm³/mol. The maximum absolute atomic E-state index is 10.9. The molecule has 0 aliphatic carbocycles. The van der Waals surface area contributed by atoms with Crippen molar-refractivity contribution in [1.29, 1.82) is 0 Å². The predicted octanol–water partition coefficient (Wildman–Crippen LogP) is 1.29. The van der Waals surface area contributed by atoms with Crippen LogP contribution in [0.15, 0.2) is 4.99 Å². The molecular formula is C12H25N3O2. The number of unbranched alkanes of at least 4 members (excludes halogenated alkanes) is 3. The van der Waals surface area contributed by atoms with Crippen LogP contribution in [0.25, 0.3) is 0 Å². The minimum absolute atomic E-state index is 0.212. The van der Waals surface area contributed by atoms with E-state index in [-0.39, 0.29) is 5.97 Å². The molecule has 0 saturated heterocycles. The smallest absolute Gasteiger partial charge is 0.307 e. The molecule has 0 radical (unpaired) electrons. The fraction of sp³-hybridized carbons (Fsp3) is 0.833. The summed E-state index contributed by atoms with van der Waals surface area (Å²) in [5.74, 6) is 0.529. The van der Waals surface area contributed by atoms with Crippen LogP contribution >= 0.6 is 0 Å². The van der Waals surface area contributed by atoms with Gasteiger partial charge >= 0.3 is 5.97 Å². The van der Waals surface area contributed by atoms with Gasteiger partial charge in [0.15, 0.2) is 5.96 Å². The highest BCUT2D eigenvalue weighted by Gasteiger charge is 2.01. The number of guanidine groups is 1. The Morgan fingerprint density at radius 2 is 1.88 bits per heavy atom. The lowest BCUT2D eigenvalue weighted by Crippen LogP contribution is -2.38. The summed E-state index contributed by atoms with van der Waals surface area (Å²) in [5, 5.41) is 6.27. The van der Waals surface area contributed by atoms with Crippen LogP contribution in [0.5, 0.6) is 0 Å². The number of nitrogens with zero attached hydrogens (tertiary/aromatic N) is 1. The van der Waals surface area contributed by atoms with Crippen molar-refractivity contribution in [3.8, 4) is 0 Å². The second kappa shape index (κ2) is 11.2. The van der Waals surface area contributed by atoms with Gasteiger partial charge in [-0.1, -0.05) is 26.2 Å². The Hall–Kier alpha value is -1.26. The highest BCUT2D eigenvalue weighted by molar-refractivity contribution is 5.80. The van der Waals surface area contributed by atoms with Gasteiger partial charge in [0, 0.05) is 20.1 Å². The zero-order chi connectivity index (χ0) is 12.9. The zero-order valence-corrected chi connectivity index (χ0v) is 11.2. The first-order chi connectivity index (χ1) is 8.24. The number of aliphatic imine (C=N–C) groups is 1. The van der Waals surface area contributed by atoms with Gasteiger partial charge in [-0.25, -0.2) is 0 Å². The van der Waals surface area contributed by atoms with Gasteiger partial charge in [-0.05, 0) is 6.42 Å². The molecule has 0 aromatic heterocycles. The molecule has 0 spiro atoms. The standard InChI is InChI=1S/C12H25N3O2/c1-4-5-6-7-9-14-12(13-2)15-10-8-11(16)17-3/h4-10H2,1-3H3,(H2,13,14,15). The van der Waals surface area contributed by atoms with Crippen LogP contribution in [-0.4, -0.2) is 39.2 Å². The van der Waals surface area contributed by atoms with E-state index in [4.69, 9.17) is 0 Å². The largest absolute Gasteiger partial charge is 0.469 e. The van der Waals surface area contributed by atoms with Crippen molar-refractivity contribution < 1.29 is 9.53 Å². The van der Waals surface area contributed by atoms with Gasteiger partial charge in [0.05, 0.1) is 13.5 Å². The molecule has 5 nitrogen and oxygen atoms in total. The van der Waals surface area contributed by atoms with Crippen LogP contribution in [-0.2, 0) is 9.53 Å². The number of methoxy groups -OCH3 is 1. The fourth-order valence-electron chi connectivity index (χ4n) is 1.36. The highest BCUT2D eigenvalue weighted by Crippen LogP contribution is 1.96. The summed E-state index contributed by atoms with van der Waals surface area (Å²) in [6, 6.07) is 0. The first kappa shape index (κ1) is 15.7. The zero-order valence-electron chi connectivity index (χ0n) is 11.2. The maximum Gasteiger partial charge on any atom is 0.307 e. The topological polar surface area (TPSA) is 62.7 Å². The first-order valence-electron chi connectivity index (χ1n) is 6.26. The Morgan fingerprint density at radius 1 is 1.18 bits per heavy atom. The fourth-order valence-corrected chi connectivity index (χ4v) is 1.36. The average Bonchev–Trinajstić information content (AvgIpc) is 2.36. The molecule has 0 fully saturated rings. The van der Waals surface area contributed by atoms with Crippen LogP contribution in [0.1, 0.15) is 39.0 Å². The van der Waals surface area contributed by atoms with E-state index >= 15 is 0 Å². The van der Waals surface area contributed by atoms with E-state index in [2.05, 4.69) is 27.3 Å². The van der Waals surface area contributed by atoms with Crippen LogP contribution < -0.4 is 10.6 Å². The number of rotatable bonds is 8. The number of hydrogen-bond donors (Lipinski definition) is 2. The molecule has 0 aliphatic rings. The third-order valence-electron chi connectivity index (χ3n) is 2.40. The van der Waals surface area contributed by atoms with E-state index in [9.17, 15) is 4.79 Å². The van der Waals surface area contributed by atoms with Crippen LogP contribution in [0.3, 0.4) is 0 Å². The van der Waals surface area contributed by atoms with Gasteiger partial charge in [0.1, 0.15) is 0 Å². The molecule has 0 saturated carbocycles. The molecule has 0 unspecified atom stereocenters. The molecule has 17 heavy (non-hydrogen) atoms. The molecule has 0 bridgehead atoms. The molecular weight excluding hydrogens is 218 g/mol. The SMILES string of the molecule is CCCCCCNC(=NC)NCCC(=O)OC. The van der Waals surface area contributed by atoms with Gasteiger partial charge in [-0.2, -0.15) is 0 Å². The van der Waals surface area contributed by atoms with Crippen molar-refractivity contribution >= 4 is 11.9 Å². The summed E-state index contributed by atoms with van der Waals surface area (Å²) in [4.78, 5) is 15.0. The number of carbonyl (C=O) groups is 1.